The fourth-order valence-electron chi connectivity index (χ4n) is 2.17. The van der Waals surface area contributed by atoms with Crippen LogP contribution in [0.3, 0.4) is 0 Å². The highest BCUT2D eigenvalue weighted by Gasteiger charge is 2.18. The predicted octanol–water partition coefficient (Wildman–Crippen LogP) is 3.71. The van der Waals surface area contributed by atoms with Crippen LogP contribution in [0.4, 0.5) is 4.79 Å². The SMILES string of the molecule is CC(NC(=O)OC(C)(C)C)c1ccc(-c2scnc2C#CCN)cc1. The van der Waals surface area contributed by atoms with Gasteiger partial charge < -0.3 is 15.8 Å². The summed E-state index contributed by atoms with van der Waals surface area (Å²) in [6, 6.07) is 7.82. The second kappa shape index (κ2) is 8.15. The molecule has 0 bridgehead atoms. The second-order valence-corrected chi connectivity index (χ2v) is 7.38. The third-order valence-corrected chi connectivity index (χ3v) is 4.16. The molecule has 1 amide bonds. The van der Waals surface area contributed by atoms with Gasteiger partial charge in [-0.25, -0.2) is 9.78 Å². The summed E-state index contributed by atoms with van der Waals surface area (Å²) in [7, 11) is 0. The van der Waals surface area contributed by atoms with Crippen molar-refractivity contribution in [3.8, 4) is 22.3 Å². The van der Waals surface area contributed by atoms with E-state index in [4.69, 9.17) is 10.5 Å². The van der Waals surface area contributed by atoms with Crippen LogP contribution in [-0.2, 0) is 4.74 Å². The Morgan fingerprint density at radius 3 is 2.64 bits per heavy atom. The molecule has 1 heterocycles. The average molecular weight is 357 g/mol. The molecule has 1 aromatic carbocycles. The number of ether oxygens (including phenoxy) is 1. The summed E-state index contributed by atoms with van der Waals surface area (Å²) in [4.78, 5) is 17.2. The zero-order valence-electron chi connectivity index (χ0n) is 14.9. The van der Waals surface area contributed by atoms with Crippen LogP contribution in [0.25, 0.3) is 10.4 Å². The second-order valence-electron chi connectivity index (χ2n) is 6.53. The number of carbonyl (C=O) groups excluding carboxylic acids is 1. The molecule has 1 unspecified atom stereocenters. The Morgan fingerprint density at radius 1 is 1.36 bits per heavy atom. The maximum Gasteiger partial charge on any atom is 0.408 e. The summed E-state index contributed by atoms with van der Waals surface area (Å²) in [5.41, 5.74) is 9.46. The predicted molar refractivity (Wildman–Crippen MR) is 101 cm³/mol. The molecule has 3 N–H and O–H groups in total. The minimum absolute atomic E-state index is 0.151. The molecule has 0 aliphatic heterocycles. The number of benzene rings is 1. The summed E-state index contributed by atoms with van der Waals surface area (Å²) in [6.07, 6.45) is -0.425. The van der Waals surface area contributed by atoms with Crippen LogP contribution < -0.4 is 11.1 Å². The van der Waals surface area contributed by atoms with Crippen molar-refractivity contribution in [2.75, 3.05) is 6.54 Å². The number of hydrogen-bond donors (Lipinski definition) is 2. The van der Waals surface area contributed by atoms with Gasteiger partial charge in [-0.15, -0.1) is 11.3 Å². The number of alkyl carbamates (subject to hydrolysis) is 1. The first kappa shape index (κ1) is 19.0. The van der Waals surface area contributed by atoms with Crippen LogP contribution >= 0.6 is 11.3 Å². The summed E-state index contributed by atoms with van der Waals surface area (Å²) < 4.78 is 5.28. The first-order chi connectivity index (χ1) is 11.8. The van der Waals surface area contributed by atoms with Gasteiger partial charge >= 0.3 is 6.09 Å². The smallest absolute Gasteiger partial charge is 0.408 e. The monoisotopic (exact) mass is 357 g/mol. The molecule has 6 heteroatoms. The molecule has 0 radical (unpaired) electrons. The molecule has 0 aliphatic carbocycles. The van der Waals surface area contributed by atoms with Gasteiger partial charge in [0.25, 0.3) is 0 Å². The molecule has 5 nitrogen and oxygen atoms in total. The highest BCUT2D eigenvalue weighted by atomic mass is 32.1. The molecule has 2 aromatic rings. The molecule has 132 valence electrons. The van der Waals surface area contributed by atoms with E-state index in [-0.39, 0.29) is 6.04 Å². The van der Waals surface area contributed by atoms with Crippen molar-refractivity contribution in [3.63, 3.8) is 0 Å². The van der Waals surface area contributed by atoms with E-state index in [1.54, 1.807) is 16.8 Å². The Morgan fingerprint density at radius 2 is 2.04 bits per heavy atom. The van der Waals surface area contributed by atoms with Crippen molar-refractivity contribution < 1.29 is 9.53 Å². The van der Waals surface area contributed by atoms with E-state index >= 15 is 0 Å². The van der Waals surface area contributed by atoms with Gasteiger partial charge in [0.15, 0.2) is 0 Å². The number of thiazole rings is 1. The minimum atomic E-state index is -0.513. The lowest BCUT2D eigenvalue weighted by Gasteiger charge is -2.22. The van der Waals surface area contributed by atoms with Crippen molar-refractivity contribution in [1.29, 1.82) is 0 Å². The van der Waals surface area contributed by atoms with E-state index in [0.29, 0.717) is 6.54 Å². The Bertz CT molecular complexity index is 779. The average Bonchev–Trinajstić information content (AvgIpc) is 2.99. The maximum atomic E-state index is 11.9. The molecule has 0 aliphatic rings. The van der Waals surface area contributed by atoms with Gasteiger partial charge in [0.05, 0.1) is 23.0 Å². The Labute approximate surface area is 152 Å². The highest BCUT2D eigenvalue weighted by molar-refractivity contribution is 7.13. The van der Waals surface area contributed by atoms with Crippen LogP contribution in [0, 0.1) is 11.8 Å². The lowest BCUT2D eigenvalue weighted by Crippen LogP contribution is -2.34. The summed E-state index contributed by atoms with van der Waals surface area (Å²) in [6.45, 7) is 7.75. The first-order valence-electron chi connectivity index (χ1n) is 8.02. The lowest BCUT2D eigenvalue weighted by atomic mass is 10.0. The number of amides is 1. The van der Waals surface area contributed by atoms with Crippen molar-refractivity contribution in [2.45, 2.75) is 39.3 Å². The van der Waals surface area contributed by atoms with E-state index < -0.39 is 11.7 Å². The van der Waals surface area contributed by atoms with Crippen molar-refractivity contribution in [1.82, 2.24) is 10.3 Å². The number of nitrogens with zero attached hydrogens (tertiary/aromatic N) is 1. The van der Waals surface area contributed by atoms with Crippen molar-refractivity contribution >= 4 is 17.4 Å². The summed E-state index contributed by atoms with van der Waals surface area (Å²) in [5, 5.41) is 2.84. The van der Waals surface area contributed by atoms with Crippen molar-refractivity contribution in [3.05, 3.63) is 41.0 Å². The molecule has 2 rings (SSSR count). The summed E-state index contributed by atoms with van der Waals surface area (Å²) >= 11 is 1.54. The van der Waals surface area contributed by atoms with Crippen molar-refractivity contribution in [2.24, 2.45) is 5.73 Å². The Hall–Kier alpha value is -2.36. The van der Waals surface area contributed by atoms with E-state index in [2.05, 4.69) is 22.1 Å². The van der Waals surface area contributed by atoms with Crippen LogP contribution in [0.15, 0.2) is 29.8 Å². The van der Waals surface area contributed by atoms with E-state index in [9.17, 15) is 4.79 Å². The minimum Gasteiger partial charge on any atom is -0.444 e. The van der Waals surface area contributed by atoms with Gasteiger partial charge in [0.2, 0.25) is 0 Å². The van der Waals surface area contributed by atoms with Gasteiger partial charge in [0, 0.05) is 0 Å². The Balaban J connectivity index is 2.10. The molecule has 0 saturated heterocycles. The number of aromatic nitrogens is 1. The zero-order chi connectivity index (χ0) is 18.4. The standard InChI is InChI=1S/C19H23N3O2S/c1-13(22-18(23)24-19(2,3)4)14-7-9-15(10-8-14)17-16(6-5-11-20)21-12-25-17/h7-10,12-13H,11,20H2,1-4H3,(H,22,23). The van der Waals surface area contributed by atoms with Gasteiger partial charge in [0.1, 0.15) is 11.3 Å². The zero-order valence-corrected chi connectivity index (χ0v) is 15.7. The van der Waals surface area contributed by atoms with Crippen LogP contribution in [0.5, 0.6) is 0 Å². The number of carbonyl (C=O) groups is 1. The number of nitrogens with one attached hydrogen (secondary N) is 1. The third kappa shape index (κ3) is 5.59. The highest BCUT2D eigenvalue weighted by Crippen LogP contribution is 2.28. The topological polar surface area (TPSA) is 77.2 Å². The van der Waals surface area contributed by atoms with E-state index in [1.807, 2.05) is 52.0 Å². The van der Waals surface area contributed by atoms with Gasteiger partial charge in [-0.05, 0) is 44.7 Å². The van der Waals surface area contributed by atoms with Gasteiger partial charge in [-0.1, -0.05) is 30.2 Å². The largest absolute Gasteiger partial charge is 0.444 e. The van der Waals surface area contributed by atoms with Gasteiger partial charge in [-0.2, -0.15) is 0 Å². The molecule has 25 heavy (non-hydrogen) atoms. The summed E-state index contributed by atoms with van der Waals surface area (Å²) in [5.74, 6) is 5.82. The first-order valence-corrected chi connectivity index (χ1v) is 8.90. The van der Waals surface area contributed by atoms with Crippen LogP contribution in [0.1, 0.15) is 45.0 Å². The van der Waals surface area contributed by atoms with E-state index in [1.165, 1.54) is 0 Å². The maximum absolute atomic E-state index is 11.9. The number of rotatable bonds is 3. The molecule has 1 aromatic heterocycles. The molecule has 0 saturated carbocycles. The Kier molecular flexibility index (Phi) is 6.18. The van der Waals surface area contributed by atoms with E-state index in [0.717, 1.165) is 21.7 Å². The number of hydrogen-bond acceptors (Lipinski definition) is 5. The third-order valence-electron chi connectivity index (χ3n) is 3.28. The van der Waals surface area contributed by atoms with Crippen LogP contribution in [0.2, 0.25) is 0 Å². The fraction of sp³-hybridized carbons (Fsp3) is 0.368. The van der Waals surface area contributed by atoms with Gasteiger partial charge in [-0.3, -0.25) is 0 Å². The molecular formula is C19H23N3O2S. The molecular weight excluding hydrogens is 334 g/mol. The van der Waals surface area contributed by atoms with Crippen LogP contribution in [-0.4, -0.2) is 23.2 Å². The lowest BCUT2D eigenvalue weighted by molar-refractivity contribution is 0.0508. The normalized spacial score (nSPS) is 12.0. The number of nitrogens with two attached hydrogens (primary N) is 1. The molecule has 1 atom stereocenters. The quantitative estimate of drug-likeness (QED) is 0.821. The fourth-order valence-corrected chi connectivity index (χ4v) is 2.92. The molecule has 0 fully saturated rings. The molecule has 0 spiro atoms.